The number of imide groups is 2. The third kappa shape index (κ3) is 10.0. The number of amides is 5. The van der Waals surface area contributed by atoms with Crippen LogP contribution >= 0.6 is 23.5 Å². The Hall–Kier alpha value is -5.27. The molecule has 2 saturated heterocycles. The van der Waals surface area contributed by atoms with Crippen molar-refractivity contribution >= 4 is 51.7 Å². The lowest BCUT2D eigenvalue weighted by molar-refractivity contribution is -0.119. The lowest BCUT2D eigenvalue weighted by Gasteiger charge is -2.37. The van der Waals surface area contributed by atoms with Crippen molar-refractivity contribution < 1.29 is 38.6 Å². The Morgan fingerprint density at radius 2 is 1.39 bits per heavy atom. The molecule has 0 radical (unpaired) electrons. The Labute approximate surface area is 341 Å². The fraction of sp³-hybridized carbons (Fsp3) is 0.341. The van der Waals surface area contributed by atoms with Gasteiger partial charge in [-0.05, 0) is 124 Å². The maximum atomic E-state index is 12.6. The van der Waals surface area contributed by atoms with E-state index in [2.05, 4.69) is 16.0 Å². The van der Waals surface area contributed by atoms with E-state index in [9.17, 15) is 29.1 Å². The molecule has 3 aliphatic heterocycles. The minimum Gasteiger partial charge on any atom is -0.507 e. The van der Waals surface area contributed by atoms with Crippen LogP contribution in [0.2, 0.25) is 0 Å². The highest BCUT2D eigenvalue weighted by Gasteiger charge is 2.36. The van der Waals surface area contributed by atoms with E-state index in [0.717, 1.165) is 92.4 Å². The maximum absolute atomic E-state index is 12.6. The fourth-order valence-corrected chi connectivity index (χ4v) is 8.58. The van der Waals surface area contributed by atoms with Gasteiger partial charge in [-0.3, -0.25) is 34.6 Å². The summed E-state index contributed by atoms with van der Waals surface area (Å²) in [4.78, 5) is 58.6. The second kappa shape index (κ2) is 17.5. The van der Waals surface area contributed by atoms with Crippen LogP contribution in [0.25, 0.3) is 0 Å². The summed E-state index contributed by atoms with van der Waals surface area (Å²) >= 11 is 2.03. The number of thioether (sulfide) groups is 2. The zero-order chi connectivity index (χ0) is 41.0. The van der Waals surface area contributed by atoms with E-state index in [1.165, 1.54) is 5.56 Å². The number of phenolic OH excluding ortho intramolecular Hbond substituents is 1. The number of carbonyl (C=O) groups excluding carboxylic acids is 5. The summed E-state index contributed by atoms with van der Waals surface area (Å²) in [6, 6.07) is 21.2. The second-order valence-electron chi connectivity index (χ2n) is 15.0. The zero-order valence-electron chi connectivity index (χ0n) is 32.9. The average Bonchev–Trinajstić information content (AvgIpc) is 3.69. The van der Waals surface area contributed by atoms with Crippen LogP contribution in [0.4, 0.5) is 9.59 Å². The van der Waals surface area contributed by atoms with Crippen molar-refractivity contribution in [3.05, 3.63) is 122 Å². The van der Waals surface area contributed by atoms with Gasteiger partial charge >= 0.3 is 0 Å². The molecule has 2 fully saturated rings. The first-order valence-corrected chi connectivity index (χ1v) is 20.5. The van der Waals surface area contributed by atoms with Crippen LogP contribution in [0, 0.1) is 34.6 Å². The summed E-state index contributed by atoms with van der Waals surface area (Å²) in [5.74, 6) is 1.30. The summed E-state index contributed by atoms with van der Waals surface area (Å²) in [7, 11) is 0. The van der Waals surface area contributed by atoms with Crippen LogP contribution in [0.15, 0.2) is 66.7 Å². The first kappa shape index (κ1) is 41.4. The van der Waals surface area contributed by atoms with Gasteiger partial charge in [0.2, 0.25) is 11.8 Å². The molecule has 3 unspecified atom stereocenters. The third-order valence-electron chi connectivity index (χ3n) is 10.6. The molecule has 3 aliphatic rings. The lowest BCUT2D eigenvalue weighted by Crippen LogP contribution is -2.42. The standard InChI is InChI=1S/C24H27NO5S.C20H20N2O3S/c1-13-14(2)21-18(15(3)20(13)26)9-10-24(4,30-21)12-29-17-7-5-16(6-8-17)11-19-22(27)25-23(28)31-19;1-12-3-6-14(7-4-12)11-21-18(23)16-9-15(8-5-13(16)2)10-17-19(24)22-20(25)26-17/h5-8,19,26H,9-12H2,1-4H3,(H,25,27,28);3-9,17H,10-11H2,1-2H3,(H,21,23)(H,22,24,25). The molecule has 5 amide bonds. The Morgan fingerprint density at radius 1 is 0.807 bits per heavy atom. The van der Waals surface area contributed by atoms with Crippen LogP contribution < -0.4 is 25.4 Å². The topological polar surface area (TPSA) is 160 Å². The third-order valence-corrected chi connectivity index (χ3v) is 12.5. The lowest BCUT2D eigenvalue weighted by atomic mass is 9.87. The predicted octanol–water partition coefficient (Wildman–Crippen LogP) is 7.50. The number of rotatable bonds is 10. The number of phenols is 1. The Kier molecular flexibility index (Phi) is 12.7. The van der Waals surface area contributed by atoms with Crippen LogP contribution in [-0.4, -0.2) is 56.0 Å². The van der Waals surface area contributed by atoms with Gasteiger partial charge in [0.25, 0.3) is 16.4 Å². The highest BCUT2D eigenvalue weighted by molar-refractivity contribution is 8.15. The monoisotopic (exact) mass is 809 g/mol. The van der Waals surface area contributed by atoms with Crippen molar-refractivity contribution in [3.8, 4) is 17.2 Å². The summed E-state index contributed by atoms with van der Waals surface area (Å²) in [5, 5.41) is 16.5. The summed E-state index contributed by atoms with van der Waals surface area (Å²) in [6.07, 6.45) is 2.54. The van der Waals surface area contributed by atoms with Crippen molar-refractivity contribution in [2.75, 3.05) is 6.61 Å². The largest absolute Gasteiger partial charge is 0.507 e. The van der Waals surface area contributed by atoms with Crippen LogP contribution in [0.5, 0.6) is 17.2 Å². The molecule has 11 nitrogen and oxygen atoms in total. The molecule has 3 atom stereocenters. The van der Waals surface area contributed by atoms with E-state index in [0.29, 0.717) is 37.3 Å². The highest BCUT2D eigenvalue weighted by atomic mass is 32.2. The van der Waals surface area contributed by atoms with Gasteiger partial charge in [-0.1, -0.05) is 77.6 Å². The number of aromatic hydroxyl groups is 1. The molecule has 57 heavy (non-hydrogen) atoms. The number of fused-ring (bicyclic) bond motifs is 1. The van der Waals surface area contributed by atoms with Gasteiger partial charge in [0, 0.05) is 17.7 Å². The van der Waals surface area contributed by atoms with Gasteiger partial charge in [-0.2, -0.15) is 0 Å². The van der Waals surface area contributed by atoms with Gasteiger partial charge < -0.3 is 19.9 Å². The Balaban J connectivity index is 0.000000196. The van der Waals surface area contributed by atoms with Crippen molar-refractivity contribution in [3.63, 3.8) is 0 Å². The minimum absolute atomic E-state index is 0.149. The normalized spacial score (nSPS) is 19.8. The number of ether oxygens (including phenoxy) is 2. The van der Waals surface area contributed by atoms with Crippen molar-refractivity contribution in [2.24, 2.45) is 0 Å². The smallest absolute Gasteiger partial charge is 0.286 e. The highest BCUT2D eigenvalue weighted by Crippen LogP contribution is 2.43. The molecule has 3 heterocycles. The summed E-state index contributed by atoms with van der Waals surface area (Å²) < 4.78 is 12.4. The molecule has 7 rings (SSSR count). The Bertz CT molecular complexity index is 2220. The molecule has 0 aliphatic carbocycles. The molecule has 0 bridgehead atoms. The zero-order valence-corrected chi connectivity index (χ0v) is 34.5. The number of nitrogens with one attached hydrogen (secondary N) is 3. The average molecular weight is 810 g/mol. The van der Waals surface area contributed by atoms with Crippen molar-refractivity contribution in [2.45, 2.75) is 89.9 Å². The minimum atomic E-state index is -0.467. The van der Waals surface area contributed by atoms with E-state index in [1.54, 1.807) is 6.07 Å². The van der Waals surface area contributed by atoms with Crippen LogP contribution in [-0.2, 0) is 35.4 Å². The van der Waals surface area contributed by atoms with Gasteiger partial charge in [-0.15, -0.1) is 0 Å². The number of benzene rings is 4. The molecule has 4 N–H and O–H groups in total. The van der Waals surface area contributed by atoms with Gasteiger partial charge in [0.1, 0.15) is 29.5 Å². The van der Waals surface area contributed by atoms with Crippen molar-refractivity contribution in [1.29, 1.82) is 0 Å². The van der Waals surface area contributed by atoms with Gasteiger partial charge in [0.05, 0.1) is 10.5 Å². The van der Waals surface area contributed by atoms with E-state index in [-0.39, 0.29) is 33.4 Å². The quantitative estimate of drug-likeness (QED) is 0.126. The van der Waals surface area contributed by atoms with Crippen LogP contribution in [0.1, 0.15) is 73.8 Å². The van der Waals surface area contributed by atoms with Gasteiger partial charge in [-0.25, -0.2) is 0 Å². The maximum Gasteiger partial charge on any atom is 0.286 e. The molecule has 4 aromatic carbocycles. The number of hydrogen-bond donors (Lipinski definition) is 4. The van der Waals surface area contributed by atoms with Crippen molar-refractivity contribution in [1.82, 2.24) is 16.0 Å². The Morgan fingerprint density at radius 3 is 1.98 bits per heavy atom. The van der Waals surface area contributed by atoms with E-state index >= 15 is 0 Å². The van der Waals surface area contributed by atoms with Gasteiger partial charge in [0.15, 0.2) is 0 Å². The van der Waals surface area contributed by atoms with E-state index in [4.69, 9.17) is 9.47 Å². The van der Waals surface area contributed by atoms with Crippen LogP contribution in [0.3, 0.4) is 0 Å². The first-order chi connectivity index (χ1) is 27.1. The summed E-state index contributed by atoms with van der Waals surface area (Å²) in [6.45, 7) is 12.6. The molecule has 13 heteroatoms. The number of aryl methyl sites for hydroxylation is 2. The molecule has 0 aromatic heterocycles. The molecule has 0 spiro atoms. The second-order valence-corrected chi connectivity index (χ2v) is 17.4. The molecular weight excluding hydrogens is 763 g/mol. The van der Waals surface area contributed by atoms with E-state index in [1.807, 2.05) is 102 Å². The fourth-order valence-electron chi connectivity index (χ4n) is 6.86. The number of carbonyl (C=O) groups is 5. The molecule has 0 saturated carbocycles. The summed E-state index contributed by atoms with van der Waals surface area (Å²) in [5.41, 5.74) is 8.84. The predicted molar refractivity (Wildman–Crippen MR) is 222 cm³/mol. The number of hydrogen-bond acceptors (Lipinski definition) is 10. The first-order valence-electron chi connectivity index (χ1n) is 18.8. The SMILES string of the molecule is Cc1c(C)c2c(c(C)c1O)CCC(C)(COc1ccc(CC3SC(=O)NC3=O)cc1)O2.Cc1ccc(CNC(=O)c2cc(CC3SC(=O)NC3=O)ccc2C)cc1. The van der Waals surface area contributed by atoms with E-state index < -0.39 is 10.9 Å². The molecule has 4 aromatic rings. The molecule has 298 valence electrons. The molecular formula is C44H47N3O8S2.